The molecule has 1 aliphatic rings. The molecule has 1 unspecified atom stereocenters. The first-order valence-electron chi connectivity index (χ1n) is 11.7. The van der Waals surface area contributed by atoms with Gasteiger partial charge in [-0.05, 0) is 17.7 Å². The lowest BCUT2D eigenvalue weighted by molar-refractivity contribution is 0.0370. The van der Waals surface area contributed by atoms with Crippen LogP contribution in [0.25, 0.3) is 39.3 Å². The molecule has 2 N–H and O–H groups in total. The first-order valence-corrected chi connectivity index (χ1v) is 11.7. The van der Waals surface area contributed by atoms with Crippen molar-refractivity contribution in [3.63, 3.8) is 0 Å². The average molecular weight is 512 g/mol. The van der Waals surface area contributed by atoms with Crippen molar-refractivity contribution in [1.29, 1.82) is 5.26 Å². The number of carbonyl (C=O) groups excluding carboxylic acids is 1. The number of hydrogen-bond acceptors (Lipinski definition) is 9. The molecule has 2 aromatic carbocycles. The van der Waals surface area contributed by atoms with Crippen LogP contribution in [0.15, 0.2) is 57.7 Å². The monoisotopic (exact) mass is 512 g/mol. The Morgan fingerprint density at radius 2 is 1.97 bits per heavy atom. The molecular weight excluding hydrogens is 492 g/mol. The molecule has 1 amide bonds. The summed E-state index contributed by atoms with van der Waals surface area (Å²) < 4.78 is 23.5. The summed E-state index contributed by atoms with van der Waals surface area (Å²) in [6.07, 6.45) is -0.983. The minimum Gasteiger partial charge on any atom is -0.494 e. The number of fused-ring (bicyclic) bond motifs is 2. The molecule has 4 heterocycles. The minimum absolute atomic E-state index is 0.0262. The molecule has 190 valence electrons. The highest BCUT2D eigenvalue weighted by atomic mass is 16.6. The molecule has 0 saturated carbocycles. The van der Waals surface area contributed by atoms with Gasteiger partial charge in [0.2, 0.25) is 5.89 Å². The molecule has 1 saturated heterocycles. The van der Waals surface area contributed by atoms with Crippen molar-refractivity contribution >= 4 is 22.8 Å². The van der Waals surface area contributed by atoms with E-state index in [0.717, 1.165) is 0 Å². The van der Waals surface area contributed by atoms with Gasteiger partial charge in [0, 0.05) is 0 Å². The molecule has 12 heteroatoms. The van der Waals surface area contributed by atoms with Crippen molar-refractivity contribution in [3.8, 4) is 34.4 Å². The number of carbonyl (C=O) groups is 1. The fourth-order valence-corrected chi connectivity index (χ4v) is 4.40. The summed E-state index contributed by atoms with van der Waals surface area (Å²) in [5, 5.41) is 15.3. The van der Waals surface area contributed by atoms with Crippen LogP contribution in [0.5, 0.6) is 5.75 Å². The Hall–Kier alpha value is -5.15. The topological polar surface area (TPSA) is 157 Å². The molecule has 1 fully saturated rings. The lowest BCUT2D eigenvalue weighted by Crippen LogP contribution is -2.23. The van der Waals surface area contributed by atoms with E-state index in [4.69, 9.17) is 23.6 Å². The fourth-order valence-electron chi connectivity index (χ4n) is 4.40. The molecule has 1 aliphatic heterocycles. The average Bonchev–Trinajstić information content (AvgIpc) is 3.65. The number of nitrogens with zero attached hydrogens (tertiary/aromatic N) is 4. The van der Waals surface area contributed by atoms with E-state index in [1.165, 1.54) is 11.6 Å². The molecule has 12 nitrogen and oxygen atoms in total. The van der Waals surface area contributed by atoms with Crippen LogP contribution < -0.4 is 15.6 Å². The quantitative estimate of drug-likeness (QED) is 0.334. The third-order valence-corrected chi connectivity index (χ3v) is 6.14. The summed E-state index contributed by atoms with van der Waals surface area (Å²) in [6, 6.07) is 16.5. The van der Waals surface area contributed by atoms with Crippen LogP contribution in [-0.4, -0.2) is 52.0 Å². The number of nitriles is 1. The number of oxazole rings is 1. The Kier molecular flexibility index (Phi) is 5.74. The number of ether oxygens (including phenoxy) is 3. The Morgan fingerprint density at radius 1 is 1.13 bits per heavy atom. The number of amides is 1. The zero-order chi connectivity index (χ0) is 26.2. The van der Waals surface area contributed by atoms with Crippen molar-refractivity contribution in [2.45, 2.75) is 12.7 Å². The molecule has 3 aromatic heterocycles. The molecule has 6 rings (SSSR count). The number of cyclic esters (lactones) is 1. The first kappa shape index (κ1) is 23.3. The van der Waals surface area contributed by atoms with E-state index in [0.29, 0.717) is 34.5 Å². The Morgan fingerprint density at radius 3 is 2.71 bits per heavy atom. The maximum atomic E-state index is 13.9. The summed E-state index contributed by atoms with van der Waals surface area (Å²) in [6.45, 7) is 0.294. The maximum Gasteiger partial charge on any atom is 0.407 e. The van der Waals surface area contributed by atoms with Crippen LogP contribution in [0, 0.1) is 11.3 Å². The predicted octanol–water partition coefficient (Wildman–Crippen LogP) is 3.00. The van der Waals surface area contributed by atoms with Gasteiger partial charge in [-0.25, -0.2) is 14.8 Å². The molecule has 1 atom stereocenters. The maximum absolute atomic E-state index is 13.9. The lowest BCUT2D eigenvalue weighted by atomic mass is 10.1. The van der Waals surface area contributed by atoms with Gasteiger partial charge in [0.05, 0.1) is 38.1 Å². The van der Waals surface area contributed by atoms with Crippen molar-refractivity contribution in [2.75, 3.05) is 20.3 Å². The van der Waals surface area contributed by atoms with Crippen LogP contribution in [0.1, 0.15) is 11.4 Å². The van der Waals surface area contributed by atoms with E-state index in [-0.39, 0.29) is 41.7 Å². The largest absolute Gasteiger partial charge is 0.494 e. The second-order valence-electron chi connectivity index (χ2n) is 8.49. The second kappa shape index (κ2) is 9.38. The zero-order valence-electron chi connectivity index (χ0n) is 20.1. The highest BCUT2D eigenvalue weighted by Gasteiger charge is 2.27. The van der Waals surface area contributed by atoms with Gasteiger partial charge in [-0.1, -0.05) is 36.4 Å². The SMILES string of the molecule is COc1cccc2oc(-c3c(COCC4CNC(=O)O4)nc4c(-c5ccccc5)c(C#N)[nH]n4c3=O)nc12. The van der Waals surface area contributed by atoms with E-state index in [2.05, 4.69) is 21.5 Å². The molecule has 5 aromatic rings. The van der Waals surface area contributed by atoms with Gasteiger partial charge >= 0.3 is 6.09 Å². The molecular formula is C26H20N6O6. The van der Waals surface area contributed by atoms with E-state index in [1.807, 2.05) is 30.3 Å². The van der Waals surface area contributed by atoms with Gasteiger partial charge in [-0.2, -0.15) is 9.78 Å². The molecule has 0 radical (unpaired) electrons. The van der Waals surface area contributed by atoms with Gasteiger partial charge in [-0.3, -0.25) is 9.89 Å². The third kappa shape index (κ3) is 3.91. The number of aromatic nitrogens is 4. The summed E-state index contributed by atoms with van der Waals surface area (Å²) in [7, 11) is 1.52. The van der Waals surface area contributed by atoms with Crippen molar-refractivity contribution < 1.29 is 23.4 Å². The third-order valence-electron chi connectivity index (χ3n) is 6.14. The van der Waals surface area contributed by atoms with Crippen LogP contribution >= 0.6 is 0 Å². The summed E-state index contributed by atoms with van der Waals surface area (Å²) in [5.74, 6) is 0.510. The summed E-state index contributed by atoms with van der Waals surface area (Å²) in [5.41, 5.74) is 2.28. The summed E-state index contributed by atoms with van der Waals surface area (Å²) in [4.78, 5) is 34.5. The molecule has 0 aliphatic carbocycles. The Bertz CT molecular complexity index is 1780. The fraction of sp³-hybridized carbons (Fsp3) is 0.192. The standard InChI is InChI=1S/C26H20N6O6/c1-35-18-8-5-9-19-22(18)30-24(38-19)21-17(13-36-12-15-11-28-26(34)37-15)29-23-20(14-6-3-2-4-7-14)16(10-27)31-32(23)25(21)33/h2-9,15,31H,11-13H2,1H3,(H,28,34). The van der Waals surface area contributed by atoms with Crippen molar-refractivity contribution in [2.24, 2.45) is 0 Å². The van der Waals surface area contributed by atoms with Gasteiger partial charge in [0.1, 0.15) is 29.2 Å². The first-order chi connectivity index (χ1) is 18.6. The number of rotatable bonds is 7. The van der Waals surface area contributed by atoms with E-state index in [9.17, 15) is 14.9 Å². The van der Waals surface area contributed by atoms with Gasteiger partial charge in [-0.15, -0.1) is 0 Å². The number of para-hydroxylation sites is 1. The Labute approximate surface area is 214 Å². The van der Waals surface area contributed by atoms with Gasteiger partial charge < -0.3 is 23.9 Å². The number of H-pyrrole nitrogens is 1. The highest BCUT2D eigenvalue weighted by Crippen LogP contribution is 2.32. The van der Waals surface area contributed by atoms with E-state index >= 15 is 0 Å². The Balaban J connectivity index is 1.52. The molecule has 0 bridgehead atoms. The van der Waals surface area contributed by atoms with E-state index in [1.54, 1.807) is 18.2 Å². The number of aromatic amines is 1. The number of methoxy groups -OCH3 is 1. The molecule has 38 heavy (non-hydrogen) atoms. The van der Waals surface area contributed by atoms with Gasteiger partial charge in [0.25, 0.3) is 5.56 Å². The smallest absolute Gasteiger partial charge is 0.407 e. The number of benzene rings is 2. The number of nitrogens with one attached hydrogen (secondary N) is 2. The van der Waals surface area contributed by atoms with Crippen LogP contribution in [0.3, 0.4) is 0 Å². The predicted molar refractivity (Wildman–Crippen MR) is 133 cm³/mol. The second-order valence-corrected chi connectivity index (χ2v) is 8.49. The van der Waals surface area contributed by atoms with Crippen molar-refractivity contribution in [1.82, 2.24) is 24.9 Å². The summed E-state index contributed by atoms with van der Waals surface area (Å²) >= 11 is 0. The van der Waals surface area contributed by atoms with Crippen LogP contribution in [-0.2, 0) is 16.1 Å². The number of alkyl carbamates (subject to hydrolysis) is 1. The van der Waals surface area contributed by atoms with Crippen molar-refractivity contribution in [3.05, 3.63) is 70.3 Å². The van der Waals surface area contributed by atoms with Crippen LogP contribution in [0.4, 0.5) is 4.79 Å². The molecule has 0 spiro atoms. The highest BCUT2D eigenvalue weighted by molar-refractivity contribution is 5.84. The van der Waals surface area contributed by atoms with Gasteiger partial charge in [0.15, 0.2) is 16.7 Å². The number of hydrogen-bond donors (Lipinski definition) is 2. The normalized spacial score (nSPS) is 14.9. The lowest BCUT2D eigenvalue weighted by Gasteiger charge is -2.11. The zero-order valence-corrected chi connectivity index (χ0v) is 20.1. The van der Waals surface area contributed by atoms with Crippen LogP contribution in [0.2, 0.25) is 0 Å². The van der Waals surface area contributed by atoms with E-state index < -0.39 is 17.8 Å². The minimum atomic E-state index is -0.522.